The van der Waals surface area contributed by atoms with E-state index < -0.39 is 0 Å². The van der Waals surface area contributed by atoms with E-state index in [4.69, 9.17) is 5.73 Å². The number of benzene rings is 2. The van der Waals surface area contributed by atoms with Crippen molar-refractivity contribution in [3.63, 3.8) is 0 Å². The molecule has 20 heavy (non-hydrogen) atoms. The van der Waals surface area contributed by atoms with E-state index >= 15 is 0 Å². The average Bonchev–Trinajstić information content (AvgIpc) is 2.91. The molecule has 0 aliphatic carbocycles. The van der Waals surface area contributed by atoms with Crippen LogP contribution in [0.3, 0.4) is 0 Å². The summed E-state index contributed by atoms with van der Waals surface area (Å²) in [5.41, 5.74) is 8.32. The number of thiophene rings is 1. The summed E-state index contributed by atoms with van der Waals surface area (Å²) in [5, 5.41) is 7.00. The van der Waals surface area contributed by atoms with Gasteiger partial charge >= 0.3 is 0 Å². The number of nitrogens with two attached hydrogens (primary N) is 1. The summed E-state index contributed by atoms with van der Waals surface area (Å²) >= 11 is 5.22. The minimum absolute atomic E-state index is 0.132. The van der Waals surface area contributed by atoms with Gasteiger partial charge in [0.05, 0.1) is 6.04 Å². The van der Waals surface area contributed by atoms with Crippen molar-refractivity contribution in [1.29, 1.82) is 0 Å². The van der Waals surface area contributed by atoms with Crippen molar-refractivity contribution in [2.45, 2.75) is 6.04 Å². The maximum absolute atomic E-state index is 5.97. The van der Waals surface area contributed by atoms with E-state index in [9.17, 15) is 0 Å². The van der Waals surface area contributed by atoms with Crippen LogP contribution in [0.15, 0.2) is 58.4 Å². The zero-order chi connectivity index (χ0) is 13.9. The number of hydrogen-bond acceptors (Lipinski definition) is 3. The molecule has 0 aliphatic rings. The zero-order valence-electron chi connectivity index (χ0n) is 10.8. The number of rotatable bonds is 4. The van der Waals surface area contributed by atoms with E-state index in [0.29, 0.717) is 6.54 Å². The van der Waals surface area contributed by atoms with Gasteiger partial charge in [0.25, 0.3) is 0 Å². The highest BCUT2D eigenvalue weighted by atomic mass is 79.9. The van der Waals surface area contributed by atoms with E-state index in [1.54, 1.807) is 11.3 Å². The molecular formula is C16H15BrN2S. The summed E-state index contributed by atoms with van der Waals surface area (Å²) < 4.78 is 2.38. The largest absolute Gasteiger partial charge is 0.377 e. The first kappa shape index (κ1) is 13.6. The van der Waals surface area contributed by atoms with Crippen LogP contribution >= 0.6 is 27.3 Å². The predicted molar refractivity (Wildman–Crippen MR) is 91.4 cm³/mol. The maximum atomic E-state index is 5.97. The third-order valence-electron chi connectivity index (χ3n) is 3.31. The molecule has 1 atom stereocenters. The van der Waals surface area contributed by atoms with Gasteiger partial charge in [0.1, 0.15) is 0 Å². The number of nitrogens with one attached hydrogen (secondary N) is 1. The molecule has 0 amide bonds. The molecule has 2 aromatic carbocycles. The third-order valence-corrected chi connectivity index (χ3v) is 4.82. The Hall–Kier alpha value is -1.36. The van der Waals surface area contributed by atoms with Gasteiger partial charge in [-0.15, -0.1) is 11.3 Å². The standard InChI is InChI=1S/C16H15BrN2S/c17-11-5-7-12(8-6-11)19-15(9-18)14-10-20-16-4-2-1-3-13(14)16/h1-8,10,15,19H,9,18H2. The van der Waals surface area contributed by atoms with Crippen LogP contribution < -0.4 is 11.1 Å². The summed E-state index contributed by atoms with van der Waals surface area (Å²) in [7, 11) is 0. The van der Waals surface area contributed by atoms with Gasteiger partial charge in [-0.1, -0.05) is 34.1 Å². The van der Waals surface area contributed by atoms with Crippen molar-refractivity contribution in [2.75, 3.05) is 11.9 Å². The molecule has 4 heteroatoms. The van der Waals surface area contributed by atoms with Gasteiger partial charge in [-0.05, 0) is 46.7 Å². The fourth-order valence-electron chi connectivity index (χ4n) is 2.28. The molecule has 2 nitrogen and oxygen atoms in total. The lowest BCUT2D eigenvalue weighted by atomic mass is 10.1. The Labute approximate surface area is 130 Å². The lowest BCUT2D eigenvalue weighted by molar-refractivity contribution is 0.799. The minimum Gasteiger partial charge on any atom is -0.377 e. The summed E-state index contributed by atoms with van der Waals surface area (Å²) in [4.78, 5) is 0. The van der Waals surface area contributed by atoms with E-state index in [1.165, 1.54) is 15.6 Å². The molecule has 0 radical (unpaired) electrons. The van der Waals surface area contributed by atoms with Crippen LogP contribution in [0.2, 0.25) is 0 Å². The first-order valence-corrected chi connectivity index (χ1v) is 8.13. The average molecular weight is 347 g/mol. The maximum Gasteiger partial charge on any atom is 0.0650 e. The van der Waals surface area contributed by atoms with Gasteiger partial charge in [-0.25, -0.2) is 0 Å². The second kappa shape index (κ2) is 5.95. The zero-order valence-corrected chi connectivity index (χ0v) is 13.2. The van der Waals surface area contributed by atoms with Crippen LogP contribution in [-0.2, 0) is 0 Å². The molecule has 0 aliphatic heterocycles. The first-order valence-electron chi connectivity index (χ1n) is 6.46. The Kier molecular flexibility index (Phi) is 4.05. The predicted octanol–water partition coefficient (Wildman–Crippen LogP) is 4.78. The summed E-state index contributed by atoms with van der Waals surface area (Å²) in [6, 6.07) is 16.8. The monoisotopic (exact) mass is 346 g/mol. The molecule has 0 spiro atoms. The molecule has 3 rings (SSSR count). The van der Waals surface area contributed by atoms with Crippen LogP contribution in [-0.4, -0.2) is 6.54 Å². The molecule has 102 valence electrons. The van der Waals surface area contributed by atoms with Gasteiger partial charge < -0.3 is 11.1 Å². The fraction of sp³-hybridized carbons (Fsp3) is 0.125. The van der Waals surface area contributed by atoms with Gasteiger partial charge in [-0.2, -0.15) is 0 Å². The second-order valence-electron chi connectivity index (χ2n) is 4.63. The van der Waals surface area contributed by atoms with Crippen molar-refractivity contribution in [2.24, 2.45) is 5.73 Å². The van der Waals surface area contributed by atoms with Crippen molar-refractivity contribution >= 4 is 43.0 Å². The minimum atomic E-state index is 0.132. The van der Waals surface area contributed by atoms with Crippen LogP contribution in [0.4, 0.5) is 5.69 Å². The van der Waals surface area contributed by atoms with Crippen LogP contribution in [0, 0.1) is 0 Å². The lowest BCUT2D eigenvalue weighted by Gasteiger charge is -2.18. The summed E-state index contributed by atoms with van der Waals surface area (Å²) in [6.07, 6.45) is 0. The molecule has 0 saturated carbocycles. The van der Waals surface area contributed by atoms with Crippen LogP contribution in [0.1, 0.15) is 11.6 Å². The van der Waals surface area contributed by atoms with E-state index in [-0.39, 0.29) is 6.04 Å². The normalized spacial score (nSPS) is 12.5. The van der Waals surface area contributed by atoms with Gasteiger partial charge in [-0.3, -0.25) is 0 Å². The van der Waals surface area contributed by atoms with Crippen LogP contribution in [0.5, 0.6) is 0 Å². The molecule has 0 fully saturated rings. The van der Waals surface area contributed by atoms with Gasteiger partial charge in [0.2, 0.25) is 0 Å². The Morgan fingerprint density at radius 2 is 1.85 bits per heavy atom. The summed E-state index contributed by atoms with van der Waals surface area (Å²) in [5.74, 6) is 0. The Bertz CT molecular complexity index is 706. The Morgan fingerprint density at radius 1 is 1.10 bits per heavy atom. The number of hydrogen-bond donors (Lipinski definition) is 2. The summed E-state index contributed by atoms with van der Waals surface area (Å²) in [6.45, 7) is 0.566. The number of fused-ring (bicyclic) bond motifs is 1. The van der Waals surface area contributed by atoms with Gasteiger partial charge in [0, 0.05) is 21.4 Å². The molecule has 0 saturated heterocycles. The molecule has 1 heterocycles. The third kappa shape index (κ3) is 2.73. The SMILES string of the molecule is NCC(Nc1ccc(Br)cc1)c1csc2ccccc12. The van der Waals surface area contributed by atoms with E-state index in [1.807, 2.05) is 12.1 Å². The van der Waals surface area contributed by atoms with Crippen LogP contribution in [0.25, 0.3) is 10.1 Å². The Balaban J connectivity index is 1.91. The van der Waals surface area contributed by atoms with E-state index in [0.717, 1.165) is 10.2 Å². The quantitative estimate of drug-likeness (QED) is 0.713. The number of anilines is 1. The molecule has 1 aromatic heterocycles. The van der Waals surface area contributed by atoms with Crippen molar-refractivity contribution < 1.29 is 0 Å². The Morgan fingerprint density at radius 3 is 2.60 bits per heavy atom. The van der Waals surface area contributed by atoms with Crippen molar-refractivity contribution in [3.05, 3.63) is 63.9 Å². The number of halogens is 1. The lowest BCUT2D eigenvalue weighted by Crippen LogP contribution is -2.20. The van der Waals surface area contributed by atoms with E-state index in [2.05, 4.69) is 63.0 Å². The second-order valence-corrected chi connectivity index (χ2v) is 6.45. The molecule has 3 N–H and O–H groups in total. The smallest absolute Gasteiger partial charge is 0.0650 e. The van der Waals surface area contributed by atoms with Gasteiger partial charge in [0.15, 0.2) is 0 Å². The fourth-order valence-corrected chi connectivity index (χ4v) is 3.56. The molecule has 0 bridgehead atoms. The highest BCUT2D eigenvalue weighted by Crippen LogP contribution is 2.31. The van der Waals surface area contributed by atoms with Crippen molar-refractivity contribution in [1.82, 2.24) is 0 Å². The highest BCUT2D eigenvalue weighted by molar-refractivity contribution is 9.10. The molecular weight excluding hydrogens is 332 g/mol. The topological polar surface area (TPSA) is 38.0 Å². The highest BCUT2D eigenvalue weighted by Gasteiger charge is 2.14. The molecule has 1 unspecified atom stereocenters. The van der Waals surface area contributed by atoms with Crippen molar-refractivity contribution in [3.8, 4) is 0 Å². The first-order chi connectivity index (χ1) is 9.78. The molecule has 3 aromatic rings.